The molecule has 1 atom stereocenters. The van der Waals surface area contributed by atoms with Crippen molar-refractivity contribution in [1.29, 1.82) is 0 Å². The van der Waals surface area contributed by atoms with Crippen molar-refractivity contribution in [3.05, 3.63) is 95.0 Å². The fourth-order valence-corrected chi connectivity index (χ4v) is 6.04. The van der Waals surface area contributed by atoms with Crippen molar-refractivity contribution in [2.24, 2.45) is 5.41 Å². The van der Waals surface area contributed by atoms with Crippen molar-refractivity contribution in [3.63, 3.8) is 0 Å². The van der Waals surface area contributed by atoms with Gasteiger partial charge in [-0.3, -0.25) is 4.79 Å². The van der Waals surface area contributed by atoms with Crippen LogP contribution in [0.4, 0.5) is 10.5 Å². The van der Waals surface area contributed by atoms with Gasteiger partial charge < -0.3 is 25.2 Å². The number of piperidine rings is 1. The quantitative estimate of drug-likeness (QED) is 0.331. The highest BCUT2D eigenvalue weighted by Crippen LogP contribution is 2.42. The summed E-state index contributed by atoms with van der Waals surface area (Å²) in [6.07, 6.45) is 3.44. The summed E-state index contributed by atoms with van der Waals surface area (Å²) in [4.78, 5) is 30.8. The van der Waals surface area contributed by atoms with Crippen molar-refractivity contribution in [2.45, 2.75) is 38.3 Å². The van der Waals surface area contributed by atoms with Crippen molar-refractivity contribution < 1.29 is 14.3 Å². The third-order valence-corrected chi connectivity index (χ3v) is 8.64. The second-order valence-corrected chi connectivity index (χ2v) is 11.2. The van der Waals surface area contributed by atoms with E-state index in [4.69, 9.17) is 16.3 Å². The van der Waals surface area contributed by atoms with Crippen LogP contribution in [0.1, 0.15) is 42.9 Å². The van der Waals surface area contributed by atoms with Gasteiger partial charge in [-0.15, -0.1) is 0 Å². The van der Waals surface area contributed by atoms with E-state index >= 15 is 0 Å². The minimum Gasteiger partial charge on any atom is -0.497 e. The molecule has 40 heavy (non-hydrogen) atoms. The summed E-state index contributed by atoms with van der Waals surface area (Å²) < 4.78 is 5.25. The summed E-state index contributed by atoms with van der Waals surface area (Å²) in [5.41, 5.74) is 2.53. The molecule has 7 nitrogen and oxygen atoms in total. The molecule has 0 aromatic heterocycles. The Bertz CT molecular complexity index is 1290. The average Bonchev–Trinajstić information content (AvgIpc) is 3.28. The van der Waals surface area contributed by atoms with E-state index in [2.05, 4.69) is 15.5 Å². The van der Waals surface area contributed by atoms with Crippen LogP contribution >= 0.6 is 11.6 Å². The van der Waals surface area contributed by atoms with Gasteiger partial charge >= 0.3 is 6.03 Å². The Hall–Kier alpha value is -3.55. The Kier molecular flexibility index (Phi) is 8.92. The number of nitrogens with one attached hydrogen (secondary N) is 2. The Morgan fingerprint density at radius 2 is 1.62 bits per heavy atom. The molecule has 2 aliphatic heterocycles. The van der Waals surface area contributed by atoms with E-state index in [1.165, 1.54) is 0 Å². The Morgan fingerprint density at radius 1 is 0.950 bits per heavy atom. The van der Waals surface area contributed by atoms with Crippen LogP contribution in [-0.2, 0) is 11.3 Å². The standard InChI is InChI=1S/C32H37ClN4O3/c1-40-26-13-11-24(12-14-26)23-37-22-18-32(30(37)38)16-20-36(21-17-32)19-15-28(25-7-3-2-4-8-25)34-31(39)35-29-10-6-5-9-27(29)33/h2-14,28H,15-23H2,1H3,(H2,34,35,39). The molecular weight excluding hydrogens is 524 g/mol. The first-order valence-electron chi connectivity index (χ1n) is 14.0. The summed E-state index contributed by atoms with van der Waals surface area (Å²) in [6, 6.07) is 24.8. The van der Waals surface area contributed by atoms with Gasteiger partial charge in [-0.25, -0.2) is 4.79 Å². The first-order valence-corrected chi connectivity index (χ1v) is 14.4. The molecule has 1 spiro atoms. The van der Waals surface area contributed by atoms with Crippen LogP contribution in [0, 0.1) is 5.41 Å². The Labute approximate surface area is 241 Å². The zero-order chi connectivity index (χ0) is 28.0. The number of halogens is 1. The van der Waals surface area contributed by atoms with Gasteiger partial charge in [0.1, 0.15) is 5.75 Å². The molecular formula is C32H37ClN4O3. The molecule has 3 aromatic carbocycles. The molecule has 0 aliphatic carbocycles. The zero-order valence-corrected chi connectivity index (χ0v) is 23.7. The fraction of sp³-hybridized carbons (Fsp3) is 0.375. The van der Waals surface area contributed by atoms with Gasteiger partial charge in [-0.1, -0.05) is 66.2 Å². The maximum atomic E-state index is 13.5. The number of benzene rings is 3. The number of rotatable bonds is 9. The summed E-state index contributed by atoms with van der Waals surface area (Å²) in [5.74, 6) is 1.12. The number of hydrogen-bond donors (Lipinski definition) is 2. The van der Waals surface area contributed by atoms with Crippen molar-refractivity contribution in [1.82, 2.24) is 15.1 Å². The van der Waals surface area contributed by atoms with E-state index in [0.717, 1.165) is 68.7 Å². The van der Waals surface area contributed by atoms with Gasteiger partial charge in [0.25, 0.3) is 0 Å². The lowest BCUT2D eigenvalue weighted by Gasteiger charge is -2.38. The second-order valence-electron chi connectivity index (χ2n) is 10.8. The minimum absolute atomic E-state index is 0.146. The van der Waals surface area contributed by atoms with Gasteiger partial charge in [-0.05, 0) is 74.2 Å². The maximum Gasteiger partial charge on any atom is 0.319 e. The highest BCUT2D eigenvalue weighted by atomic mass is 35.5. The summed E-state index contributed by atoms with van der Waals surface area (Å²) >= 11 is 6.23. The molecule has 0 bridgehead atoms. The number of nitrogens with zero attached hydrogens (tertiary/aromatic N) is 2. The van der Waals surface area contributed by atoms with Gasteiger partial charge in [0.15, 0.2) is 0 Å². The lowest BCUT2D eigenvalue weighted by Crippen LogP contribution is -2.45. The van der Waals surface area contributed by atoms with Crippen molar-refractivity contribution >= 4 is 29.2 Å². The van der Waals surface area contributed by atoms with E-state index in [1.54, 1.807) is 19.2 Å². The molecule has 0 radical (unpaired) electrons. The lowest BCUT2D eigenvalue weighted by atomic mass is 9.77. The molecule has 2 heterocycles. The predicted octanol–water partition coefficient (Wildman–Crippen LogP) is 6.12. The van der Waals surface area contributed by atoms with Crippen LogP contribution in [0.5, 0.6) is 5.75 Å². The van der Waals surface area contributed by atoms with Gasteiger partial charge in [0.2, 0.25) is 5.91 Å². The van der Waals surface area contributed by atoms with E-state index in [-0.39, 0.29) is 17.5 Å². The van der Waals surface area contributed by atoms with Crippen LogP contribution in [0.15, 0.2) is 78.9 Å². The number of ether oxygens (including phenoxy) is 1. The minimum atomic E-state index is -0.284. The number of urea groups is 1. The molecule has 1 unspecified atom stereocenters. The predicted molar refractivity (Wildman–Crippen MR) is 159 cm³/mol. The number of amides is 3. The highest BCUT2D eigenvalue weighted by molar-refractivity contribution is 6.33. The molecule has 210 valence electrons. The number of carbonyl (C=O) groups excluding carboxylic acids is 2. The first kappa shape index (κ1) is 28.0. The summed E-state index contributed by atoms with van der Waals surface area (Å²) in [5, 5.41) is 6.51. The first-order chi connectivity index (χ1) is 19.5. The van der Waals surface area contributed by atoms with E-state index in [0.29, 0.717) is 23.2 Å². The van der Waals surface area contributed by atoms with Crippen LogP contribution in [0.3, 0.4) is 0 Å². The molecule has 5 rings (SSSR count). The normalized spacial score (nSPS) is 17.6. The number of hydrogen-bond acceptors (Lipinski definition) is 4. The summed E-state index contributed by atoms with van der Waals surface area (Å²) in [7, 11) is 1.66. The van der Waals surface area contributed by atoms with E-state index in [9.17, 15) is 9.59 Å². The maximum absolute atomic E-state index is 13.5. The molecule has 2 N–H and O–H groups in total. The largest absolute Gasteiger partial charge is 0.497 e. The number of anilines is 1. The van der Waals surface area contributed by atoms with Crippen molar-refractivity contribution in [2.75, 3.05) is 38.6 Å². The molecule has 8 heteroatoms. The molecule has 2 fully saturated rings. The number of carbonyl (C=O) groups is 2. The van der Waals surface area contributed by atoms with Crippen LogP contribution in [0.25, 0.3) is 0 Å². The third kappa shape index (κ3) is 6.60. The molecule has 2 aliphatic rings. The molecule has 3 amide bonds. The Morgan fingerprint density at radius 3 is 2.33 bits per heavy atom. The summed E-state index contributed by atoms with van der Waals surface area (Å²) in [6.45, 7) is 4.07. The number of methoxy groups -OCH3 is 1. The van der Waals surface area contributed by atoms with Gasteiger partial charge in [0.05, 0.1) is 29.3 Å². The number of likely N-dealkylation sites (tertiary alicyclic amines) is 2. The zero-order valence-electron chi connectivity index (χ0n) is 22.9. The third-order valence-electron chi connectivity index (χ3n) is 8.31. The highest BCUT2D eigenvalue weighted by Gasteiger charge is 2.47. The van der Waals surface area contributed by atoms with Gasteiger partial charge in [0, 0.05) is 19.6 Å². The SMILES string of the molecule is COc1ccc(CN2CCC3(CCN(CCC(NC(=O)Nc4ccccc4Cl)c4ccccc4)CC3)C2=O)cc1. The van der Waals surface area contributed by atoms with Crippen molar-refractivity contribution in [3.8, 4) is 5.75 Å². The molecule has 0 saturated carbocycles. The monoisotopic (exact) mass is 560 g/mol. The average molecular weight is 561 g/mol. The van der Waals surface area contributed by atoms with Crippen LogP contribution < -0.4 is 15.4 Å². The van der Waals surface area contributed by atoms with E-state index < -0.39 is 0 Å². The van der Waals surface area contributed by atoms with Crippen LogP contribution in [0.2, 0.25) is 5.02 Å². The topological polar surface area (TPSA) is 73.9 Å². The van der Waals surface area contributed by atoms with Gasteiger partial charge in [-0.2, -0.15) is 0 Å². The molecule has 3 aromatic rings. The Balaban J connectivity index is 1.15. The lowest BCUT2D eigenvalue weighted by molar-refractivity contribution is -0.138. The van der Waals surface area contributed by atoms with Crippen LogP contribution in [-0.4, -0.2) is 55.0 Å². The molecule has 2 saturated heterocycles. The second kappa shape index (κ2) is 12.7. The smallest absolute Gasteiger partial charge is 0.319 e. The fourth-order valence-electron chi connectivity index (χ4n) is 5.86. The van der Waals surface area contributed by atoms with E-state index in [1.807, 2.05) is 71.6 Å². The number of para-hydroxylation sites is 1.